The number of methoxy groups -OCH3 is 1. The predicted molar refractivity (Wildman–Crippen MR) is 99.0 cm³/mol. The minimum absolute atomic E-state index is 0.00759. The lowest BCUT2D eigenvalue weighted by Crippen LogP contribution is -2.27. The summed E-state index contributed by atoms with van der Waals surface area (Å²) in [6.45, 7) is 5.06. The zero-order valence-corrected chi connectivity index (χ0v) is 16.0. The normalized spacial score (nSPS) is 16.6. The smallest absolute Gasteiger partial charge is 0.335 e. The molecule has 1 unspecified atom stereocenters. The van der Waals surface area contributed by atoms with E-state index in [0.717, 1.165) is 0 Å². The predicted octanol–water partition coefficient (Wildman–Crippen LogP) is 3.34. The molecule has 8 heteroatoms. The highest BCUT2D eigenvalue weighted by molar-refractivity contribution is 6.00. The Kier molecular flexibility index (Phi) is 6.31. The molecule has 0 heterocycles. The minimum Gasteiger partial charge on any atom is -0.466 e. The zero-order valence-electron chi connectivity index (χ0n) is 16.0. The van der Waals surface area contributed by atoms with Gasteiger partial charge in [0.1, 0.15) is 0 Å². The van der Waals surface area contributed by atoms with Gasteiger partial charge in [0.2, 0.25) is 0 Å². The number of non-ortho nitro benzene ring substituents is 1. The van der Waals surface area contributed by atoms with Crippen LogP contribution in [-0.4, -0.2) is 30.1 Å². The topological polar surface area (TPSA) is 120 Å². The maximum atomic E-state index is 12.8. The molecule has 1 atom stereocenters. The Morgan fingerprint density at radius 1 is 1.29 bits per heavy atom. The molecule has 0 saturated carbocycles. The van der Waals surface area contributed by atoms with Crippen molar-refractivity contribution < 1.29 is 24.0 Å². The van der Waals surface area contributed by atoms with Crippen molar-refractivity contribution in [3.05, 3.63) is 62.2 Å². The number of allylic oxidation sites excluding steroid dienone is 2. The number of carbonyl (C=O) groups excluding carboxylic acids is 2. The van der Waals surface area contributed by atoms with Crippen LogP contribution in [-0.2, 0) is 19.1 Å². The van der Waals surface area contributed by atoms with E-state index < -0.39 is 28.9 Å². The van der Waals surface area contributed by atoms with E-state index >= 15 is 0 Å². The summed E-state index contributed by atoms with van der Waals surface area (Å²) in [6.07, 6.45) is -0.309. The quantitative estimate of drug-likeness (QED) is 0.434. The summed E-state index contributed by atoms with van der Waals surface area (Å²) in [5, 5.41) is 20.7. The Labute approximate surface area is 162 Å². The molecule has 0 spiro atoms. The van der Waals surface area contributed by atoms with E-state index in [1.165, 1.54) is 25.3 Å². The van der Waals surface area contributed by atoms with E-state index in [4.69, 9.17) is 9.47 Å². The average Bonchev–Trinajstić information content (AvgIpc) is 2.65. The second-order valence-corrected chi connectivity index (χ2v) is 6.61. The summed E-state index contributed by atoms with van der Waals surface area (Å²) >= 11 is 0. The molecule has 1 aliphatic carbocycles. The molecule has 1 aromatic rings. The largest absolute Gasteiger partial charge is 0.466 e. The van der Waals surface area contributed by atoms with Crippen molar-refractivity contribution >= 4 is 17.6 Å². The lowest BCUT2D eigenvalue weighted by molar-refractivity contribution is -0.384. The van der Waals surface area contributed by atoms with E-state index in [9.17, 15) is 25.0 Å². The Morgan fingerprint density at radius 2 is 1.96 bits per heavy atom. The van der Waals surface area contributed by atoms with E-state index in [-0.39, 0.29) is 28.8 Å². The van der Waals surface area contributed by atoms with Gasteiger partial charge in [0, 0.05) is 35.6 Å². The molecule has 0 saturated heterocycles. The van der Waals surface area contributed by atoms with Crippen LogP contribution in [0.25, 0.3) is 0 Å². The van der Waals surface area contributed by atoms with Gasteiger partial charge in [0.15, 0.2) is 0 Å². The van der Waals surface area contributed by atoms with Gasteiger partial charge >= 0.3 is 11.9 Å². The highest BCUT2D eigenvalue weighted by Gasteiger charge is 2.39. The molecule has 0 fully saturated rings. The Hall–Kier alpha value is -3.47. The average molecular weight is 384 g/mol. The van der Waals surface area contributed by atoms with Crippen LogP contribution in [0.4, 0.5) is 5.69 Å². The van der Waals surface area contributed by atoms with Gasteiger partial charge in [-0.15, -0.1) is 0 Å². The van der Waals surface area contributed by atoms with Gasteiger partial charge in [-0.05, 0) is 26.3 Å². The van der Waals surface area contributed by atoms with Crippen LogP contribution in [0.5, 0.6) is 0 Å². The Bertz CT molecular complexity index is 936. The molecule has 8 nitrogen and oxygen atoms in total. The highest BCUT2D eigenvalue weighted by Crippen LogP contribution is 2.43. The van der Waals surface area contributed by atoms with Crippen molar-refractivity contribution in [3.63, 3.8) is 0 Å². The van der Waals surface area contributed by atoms with Crippen LogP contribution in [0, 0.1) is 21.4 Å². The van der Waals surface area contributed by atoms with Crippen molar-refractivity contribution in [2.75, 3.05) is 7.11 Å². The molecule has 146 valence electrons. The third kappa shape index (κ3) is 4.09. The molecular weight excluding hydrogens is 364 g/mol. The third-order valence-corrected chi connectivity index (χ3v) is 4.32. The van der Waals surface area contributed by atoms with Crippen molar-refractivity contribution in [2.45, 2.75) is 39.2 Å². The van der Waals surface area contributed by atoms with Crippen molar-refractivity contribution in [1.82, 2.24) is 0 Å². The Morgan fingerprint density at radius 3 is 2.50 bits per heavy atom. The summed E-state index contributed by atoms with van der Waals surface area (Å²) in [5.74, 6) is -2.40. The molecule has 0 amide bonds. The van der Waals surface area contributed by atoms with Crippen LogP contribution in [0.2, 0.25) is 0 Å². The fourth-order valence-electron chi connectivity index (χ4n) is 3.19. The summed E-state index contributed by atoms with van der Waals surface area (Å²) < 4.78 is 10.2. The van der Waals surface area contributed by atoms with Gasteiger partial charge in [-0.1, -0.05) is 17.7 Å². The Balaban J connectivity index is 2.76. The summed E-state index contributed by atoms with van der Waals surface area (Å²) in [7, 11) is 1.17. The first-order chi connectivity index (χ1) is 13.2. The van der Waals surface area contributed by atoms with Crippen LogP contribution in [0.3, 0.4) is 0 Å². The van der Waals surface area contributed by atoms with E-state index in [1.807, 2.05) is 6.07 Å². The van der Waals surface area contributed by atoms with Crippen molar-refractivity contribution in [1.29, 1.82) is 5.26 Å². The molecule has 0 bridgehead atoms. The molecule has 0 radical (unpaired) electrons. The number of nitro benzene ring substituents is 1. The van der Waals surface area contributed by atoms with Gasteiger partial charge in [-0.25, -0.2) is 9.59 Å². The number of esters is 2. The standard InChI is InChI=1S/C20H20N2O6/c1-11(2)28-20(24)16-12(3)8-14(10-21)18(19(23)27-4)17(16)13-6-5-7-15(9-13)22(25)26/h5-7,9,11,17H,8H2,1-4H3. The molecule has 0 N–H and O–H groups in total. The van der Waals surface area contributed by atoms with Crippen LogP contribution in [0.15, 0.2) is 46.6 Å². The number of hydrogen-bond acceptors (Lipinski definition) is 7. The first-order valence-corrected chi connectivity index (χ1v) is 8.57. The molecule has 0 aliphatic heterocycles. The van der Waals surface area contributed by atoms with E-state index in [0.29, 0.717) is 11.1 Å². The molecule has 28 heavy (non-hydrogen) atoms. The van der Waals surface area contributed by atoms with Gasteiger partial charge in [0.05, 0.1) is 29.8 Å². The van der Waals surface area contributed by atoms with Gasteiger partial charge in [0.25, 0.3) is 5.69 Å². The van der Waals surface area contributed by atoms with Gasteiger partial charge < -0.3 is 9.47 Å². The fourth-order valence-corrected chi connectivity index (χ4v) is 3.19. The molecule has 0 aromatic heterocycles. The highest BCUT2D eigenvalue weighted by atomic mass is 16.6. The summed E-state index contributed by atoms with van der Waals surface area (Å²) in [4.78, 5) is 35.9. The molecular formula is C20H20N2O6. The number of ether oxygens (including phenoxy) is 2. The number of nitrogens with zero attached hydrogens (tertiary/aromatic N) is 2. The second-order valence-electron chi connectivity index (χ2n) is 6.61. The van der Waals surface area contributed by atoms with E-state index in [2.05, 4.69) is 0 Å². The SMILES string of the molecule is COC(=O)C1=C(C#N)CC(C)=C(C(=O)OC(C)C)C1c1cccc([N+](=O)[O-])c1. The fraction of sp³-hybridized carbons (Fsp3) is 0.350. The third-order valence-electron chi connectivity index (χ3n) is 4.32. The number of rotatable bonds is 5. The number of benzene rings is 1. The lowest BCUT2D eigenvalue weighted by atomic mass is 9.75. The van der Waals surface area contributed by atoms with Crippen molar-refractivity contribution in [2.24, 2.45) is 0 Å². The maximum Gasteiger partial charge on any atom is 0.335 e. The van der Waals surface area contributed by atoms with Crippen molar-refractivity contribution in [3.8, 4) is 6.07 Å². The lowest BCUT2D eigenvalue weighted by Gasteiger charge is -2.29. The van der Waals surface area contributed by atoms with Crippen LogP contribution >= 0.6 is 0 Å². The number of carbonyl (C=O) groups is 2. The molecule has 2 rings (SSSR count). The van der Waals surface area contributed by atoms with Crippen LogP contribution < -0.4 is 0 Å². The zero-order chi connectivity index (χ0) is 21.0. The first kappa shape index (κ1) is 20.8. The summed E-state index contributed by atoms with van der Waals surface area (Å²) in [5.41, 5.74) is 1.03. The van der Waals surface area contributed by atoms with Crippen LogP contribution in [0.1, 0.15) is 38.7 Å². The number of nitro groups is 1. The van der Waals surface area contributed by atoms with Gasteiger partial charge in [-0.3, -0.25) is 10.1 Å². The maximum absolute atomic E-state index is 12.8. The van der Waals surface area contributed by atoms with E-state index in [1.54, 1.807) is 26.8 Å². The molecule has 1 aliphatic rings. The second kappa shape index (κ2) is 8.48. The molecule has 1 aromatic carbocycles. The number of nitriles is 1. The minimum atomic E-state index is -0.998. The first-order valence-electron chi connectivity index (χ1n) is 8.57. The number of hydrogen-bond donors (Lipinski definition) is 0. The summed E-state index contributed by atoms with van der Waals surface area (Å²) in [6, 6.07) is 7.61. The van der Waals surface area contributed by atoms with Gasteiger partial charge in [-0.2, -0.15) is 5.26 Å². The monoisotopic (exact) mass is 384 g/mol.